The Hall–Kier alpha value is -0.930. The van der Waals surface area contributed by atoms with Crippen LogP contribution in [0.1, 0.15) is 12.0 Å². The molecule has 0 spiro atoms. The number of ether oxygens (including phenoxy) is 1. The van der Waals surface area contributed by atoms with Gasteiger partial charge < -0.3 is 10.5 Å². The van der Waals surface area contributed by atoms with Crippen molar-refractivity contribution in [1.29, 1.82) is 0 Å². The van der Waals surface area contributed by atoms with E-state index in [-0.39, 0.29) is 11.2 Å². The Labute approximate surface area is 89.2 Å². The molecule has 1 aliphatic heterocycles. The first-order chi connectivity index (χ1) is 7.24. The highest BCUT2D eigenvalue weighted by Crippen LogP contribution is 2.31. The number of rotatable bonds is 3. The van der Waals surface area contributed by atoms with Crippen molar-refractivity contribution in [2.45, 2.75) is 12.8 Å². The van der Waals surface area contributed by atoms with Gasteiger partial charge in [0.2, 0.25) is 0 Å². The Morgan fingerprint density at radius 3 is 2.93 bits per heavy atom. The molecule has 0 amide bonds. The quantitative estimate of drug-likeness (QED) is 0.823. The predicted molar refractivity (Wildman–Crippen MR) is 57.0 cm³/mol. The van der Waals surface area contributed by atoms with Gasteiger partial charge in [-0.15, -0.1) is 0 Å². The molecule has 0 bridgehead atoms. The lowest BCUT2D eigenvalue weighted by Crippen LogP contribution is -2.33. The summed E-state index contributed by atoms with van der Waals surface area (Å²) in [6.45, 7) is 2.07. The van der Waals surface area contributed by atoms with Crippen molar-refractivity contribution in [1.82, 2.24) is 0 Å². The predicted octanol–water partition coefficient (Wildman–Crippen LogP) is 1.73. The maximum absolute atomic E-state index is 13.0. The van der Waals surface area contributed by atoms with E-state index in [4.69, 9.17) is 10.5 Å². The molecule has 2 rings (SSSR count). The molecule has 1 aromatic rings. The van der Waals surface area contributed by atoms with Crippen LogP contribution in [0.15, 0.2) is 24.3 Å². The van der Waals surface area contributed by atoms with Gasteiger partial charge in [-0.1, -0.05) is 12.1 Å². The Kier molecular flexibility index (Phi) is 3.03. The van der Waals surface area contributed by atoms with Crippen LogP contribution in [0.3, 0.4) is 0 Å². The van der Waals surface area contributed by atoms with E-state index in [1.807, 2.05) is 6.07 Å². The molecule has 1 fully saturated rings. The van der Waals surface area contributed by atoms with Crippen molar-refractivity contribution in [2.24, 2.45) is 11.1 Å². The zero-order valence-corrected chi connectivity index (χ0v) is 8.71. The van der Waals surface area contributed by atoms with E-state index in [0.717, 1.165) is 25.0 Å². The van der Waals surface area contributed by atoms with Crippen LogP contribution in [0.25, 0.3) is 0 Å². The third kappa shape index (κ3) is 2.36. The SMILES string of the molecule is NCC1(Cc2cccc(F)c2)CCOC1. The van der Waals surface area contributed by atoms with Gasteiger partial charge in [0.15, 0.2) is 0 Å². The van der Waals surface area contributed by atoms with Gasteiger partial charge in [0.1, 0.15) is 5.82 Å². The molecule has 2 nitrogen and oxygen atoms in total. The van der Waals surface area contributed by atoms with Crippen LogP contribution in [0, 0.1) is 11.2 Å². The van der Waals surface area contributed by atoms with Gasteiger partial charge in [-0.3, -0.25) is 0 Å². The Morgan fingerprint density at radius 2 is 2.33 bits per heavy atom. The van der Waals surface area contributed by atoms with E-state index < -0.39 is 0 Å². The minimum absolute atomic E-state index is 0.0216. The smallest absolute Gasteiger partial charge is 0.123 e. The zero-order chi connectivity index (χ0) is 10.7. The van der Waals surface area contributed by atoms with E-state index in [1.54, 1.807) is 12.1 Å². The van der Waals surface area contributed by atoms with Crippen molar-refractivity contribution >= 4 is 0 Å². The molecule has 1 atom stereocenters. The summed E-state index contributed by atoms with van der Waals surface area (Å²) >= 11 is 0. The van der Waals surface area contributed by atoms with Gasteiger partial charge in [0.05, 0.1) is 6.61 Å². The summed E-state index contributed by atoms with van der Waals surface area (Å²) in [7, 11) is 0. The molecule has 0 aromatic heterocycles. The van der Waals surface area contributed by atoms with Crippen LogP contribution >= 0.6 is 0 Å². The Balaban J connectivity index is 2.12. The Morgan fingerprint density at radius 1 is 1.47 bits per heavy atom. The van der Waals surface area contributed by atoms with E-state index in [0.29, 0.717) is 13.2 Å². The largest absolute Gasteiger partial charge is 0.381 e. The molecule has 2 N–H and O–H groups in total. The highest BCUT2D eigenvalue weighted by molar-refractivity contribution is 5.18. The number of benzene rings is 1. The summed E-state index contributed by atoms with van der Waals surface area (Å²) in [5.74, 6) is -0.182. The van der Waals surface area contributed by atoms with Crippen LogP contribution < -0.4 is 5.73 Å². The number of nitrogens with two attached hydrogens (primary N) is 1. The second-order valence-corrected chi connectivity index (χ2v) is 4.31. The Bertz CT molecular complexity index is 334. The molecular formula is C12H16FNO. The molecule has 1 unspecified atom stereocenters. The lowest BCUT2D eigenvalue weighted by atomic mass is 9.81. The first kappa shape index (κ1) is 10.6. The lowest BCUT2D eigenvalue weighted by molar-refractivity contribution is 0.154. The summed E-state index contributed by atoms with van der Waals surface area (Å²) in [6, 6.07) is 6.73. The van der Waals surface area contributed by atoms with E-state index in [2.05, 4.69) is 0 Å². The van der Waals surface area contributed by atoms with Crippen LogP contribution in [0.4, 0.5) is 4.39 Å². The van der Waals surface area contributed by atoms with Gasteiger partial charge in [-0.05, 0) is 30.5 Å². The molecule has 0 aliphatic carbocycles. The molecular weight excluding hydrogens is 193 g/mol. The van der Waals surface area contributed by atoms with Gasteiger partial charge in [-0.2, -0.15) is 0 Å². The molecule has 1 aromatic carbocycles. The summed E-state index contributed by atoms with van der Waals surface area (Å²) in [5.41, 5.74) is 6.81. The standard InChI is InChI=1S/C12H16FNO/c13-11-3-1-2-10(6-11)7-12(8-14)4-5-15-9-12/h1-3,6H,4-5,7-9,14H2. The average Bonchev–Trinajstić information content (AvgIpc) is 2.67. The van der Waals surface area contributed by atoms with Crippen LogP contribution in [0.2, 0.25) is 0 Å². The molecule has 15 heavy (non-hydrogen) atoms. The normalized spacial score (nSPS) is 25.7. The molecule has 0 saturated carbocycles. The summed E-state index contributed by atoms with van der Waals surface area (Å²) in [4.78, 5) is 0. The van der Waals surface area contributed by atoms with Crippen molar-refractivity contribution < 1.29 is 9.13 Å². The number of halogens is 1. The summed E-state index contributed by atoms with van der Waals surface area (Å²) in [6.07, 6.45) is 1.78. The molecule has 82 valence electrons. The third-order valence-corrected chi connectivity index (χ3v) is 3.09. The fourth-order valence-corrected chi connectivity index (χ4v) is 2.10. The zero-order valence-electron chi connectivity index (χ0n) is 8.71. The minimum Gasteiger partial charge on any atom is -0.381 e. The van der Waals surface area contributed by atoms with E-state index >= 15 is 0 Å². The summed E-state index contributed by atoms with van der Waals surface area (Å²) in [5, 5.41) is 0. The van der Waals surface area contributed by atoms with Crippen LogP contribution in [-0.4, -0.2) is 19.8 Å². The highest BCUT2D eigenvalue weighted by Gasteiger charge is 2.33. The van der Waals surface area contributed by atoms with Gasteiger partial charge in [0, 0.05) is 18.6 Å². The number of hydrogen-bond donors (Lipinski definition) is 1. The molecule has 1 heterocycles. The van der Waals surface area contributed by atoms with Crippen molar-refractivity contribution in [3.8, 4) is 0 Å². The lowest BCUT2D eigenvalue weighted by Gasteiger charge is -2.25. The van der Waals surface area contributed by atoms with Gasteiger partial charge in [-0.25, -0.2) is 4.39 Å². The second-order valence-electron chi connectivity index (χ2n) is 4.31. The average molecular weight is 209 g/mol. The van der Waals surface area contributed by atoms with E-state index in [1.165, 1.54) is 6.07 Å². The van der Waals surface area contributed by atoms with Crippen molar-refractivity contribution in [3.63, 3.8) is 0 Å². The maximum Gasteiger partial charge on any atom is 0.123 e. The molecule has 1 saturated heterocycles. The van der Waals surface area contributed by atoms with Crippen molar-refractivity contribution in [3.05, 3.63) is 35.6 Å². The number of hydrogen-bond acceptors (Lipinski definition) is 2. The van der Waals surface area contributed by atoms with Gasteiger partial charge in [0.25, 0.3) is 0 Å². The topological polar surface area (TPSA) is 35.2 Å². The first-order valence-electron chi connectivity index (χ1n) is 5.26. The van der Waals surface area contributed by atoms with Crippen LogP contribution in [0.5, 0.6) is 0 Å². The fraction of sp³-hybridized carbons (Fsp3) is 0.500. The van der Waals surface area contributed by atoms with Gasteiger partial charge >= 0.3 is 0 Å². The maximum atomic E-state index is 13.0. The second kappa shape index (κ2) is 4.29. The first-order valence-corrected chi connectivity index (χ1v) is 5.26. The van der Waals surface area contributed by atoms with Crippen molar-refractivity contribution in [2.75, 3.05) is 19.8 Å². The summed E-state index contributed by atoms with van der Waals surface area (Å²) < 4.78 is 18.4. The van der Waals surface area contributed by atoms with E-state index in [9.17, 15) is 4.39 Å². The molecule has 0 radical (unpaired) electrons. The highest BCUT2D eigenvalue weighted by atomic mass is 19.1. The molecule has 3 heteroatoms. The minimum atomic E-state index is -0.182. The fourth-order valence-electron chi connectivity index (χ4n) is 2.10. The monoisotopic (exact) mass is 209 g/mol. The third-order valence-electron chi connectivity index (χ3n) is 3.09. The molecule has 1 aliphatic rings. The van der Waals surface area contributed by atoms with Crippen LogP contribution in [-0.2, 0) is 11.2 Å².